The monoisotopic (exact) mass is 335 g/mol. The van der Waals surface area contributed by atoms with Gasteiger partial charge in [0.15, 0.2) is 0 Å². The molecule has 0 saturated carbocycles. The molecule has 0 spiro atoms. The van der Waals surface area contributed by atoms with Gasteiger partial charge in [0.05, 0.1) is 5.60 Å². The standard InChI is InChI=1S/C16H18BrNO2/c1-16(2,3)20-10-15(19)18-14-7-5-11-8-13(17)6-4-12(11)9-14/h4-9H,10H2,1-3H3,(H,18,19). The molecule has 0 saturated heterocycles. The quantitative estimate of drug-likeness (QED) is 0.905. The van der Waals surface area contributed by atoms with Crippen molar-refractivity contribution in [2.75, 3.05) is 11.9 Å². The number of benzene rings is 2. The van der Waals surface area contributed by atoms with Crippen LogP contribution in [0.3, 0.4) is 0 Å². The van der Waals surface area contributed by atoms with E-state index >= 15 is 0 Å². The summed E-state index contributed by atoms with van der Waals surface area (Å²) >= 11 is 3.44. The van der Waals surface area contributed by atoms with Gasteiger partial charge in [-0.1, -0.05) is 28.1 Å². The third-order valence-electron chi connectivity index (χ3n) is 2.72. The molecular formula is C16H18BrNO2. The first kappa shape index (κ1) is 15.0. The van der Waals surface area contributed by atoms with E-state index in [1.54, 1.807) is 0 Å². The maximum atomic E-state index is 11.8. The second-order valence-corrected chi connectivity index (χ2v) is 6.57. The number of fused-ring (bicyclic) bond motifs is 1. The van der Waals surface area contributed by atoms with Crippen LogP contribution in [0.15, 0.2) is 40.9 Å². The molecule has 2 rings (SSSR count). The van der Waals surface area contributed by atoms with Crippen LogP contribution in [0.25, 0.3) is 10.8 Å². The Kier molecular flexibility index (Phi) is 4.45. The molecule has 1 N–H and O–H groups in total. The number of amides is 1. The smallest absolute Gasteiger partial charge is 0.250 e. The number of nitrogens with one attached hydrogen (secondary N) is 1. The number of halogens is 1. The van der Waals surface area contributed by atoms with E-state index in [4.69, 9.17) is 4.74 Å². The molecule has 0 fully saturated rings. The van der Waals surface area contributed by atoms with Gasteiger partial charge < -0.3 is 10.1 Å². The summed E-state index contributed by atoms with van der Waals surface area (Å²) in [4.78, 5) is 11.8. The maximum Gasteiger partial charge on any atom is 0.250 e. The first-order chi connectivity index (χ1) is 9.33. The van der Waals surface area contributed by atoms with Gasteiger partial charge in [0.2, 0.25) is 5.91 Å². The highest BCUT2D eigenvalue weighted by atomic mass is 79.9. The molecule has 0 heterocycles. The minimum atomic E-state index is -0.312. The van der Waals surface area contributed by atoms with Gasteiger partial charge in [-0.3, -0.25) is 4.79 Å². The van der Waals surface area contributed by atoms with Crippen molar-refractivity contribution >= 4 is 38.3 Å². The second-order valence-electron chi connectivity index (χ2n) is 5.66. The van der Waals surface area contributed by atoms with Crippen molar-refractivity contribution in [1.82, 2.24) is 0 Å². The first-order valence-corrected chi connectivity index (χ1v) is 7.26. The minimum absolute atomic E-state index is 0.0574. The van der Waals surface area contributed by atoms with E-state index in [2.05, 4.69) is 21.2 Å². The molecule has 0 bridgehead atoms. The summed E-state index contributed by atoms with van der Waals surface area (Å²) in [5.41, 5.74) is 0.467. The molecule has 0 aliphatic heterocycles. The van der Waals surface area contributed by atoms with Crippen LogP contribution < -0.4 is 5.32 Å². The Morgan fingerprint density at radius 2 is 1.80 bits per heavy atom. The van der Waals surface area contributed by atoms with Crippen molar-refractivity contribution < 1.29 is 9.53 Å². The molecule has 20 heavy (non-hydrogen) atoms. The van der Waals surface area contributed by atoms with Crippen LogP contribution in [-0.4, -0.2) is 18.1 Å². The zero-order valence-corrected chi connectivity index (χ0v) is 13.5. The van der Waals surface area contributed by atoms with E-state index in [1.807, 2.05) is 57.2 Å². The fourth-order valence-corrected chi connectivity index (χ4v) is 2.15. The Bertz CT molecular complexity index is 632. The molecule has 0 atom stereocenters. The van der Waals surface area contributed by atoms with Gasteiger partial charge in [-0.2, -0.15) is 0 Å². The lowest BCUT2D eigenvalue weighted by atomic mass is 10.1. The number of hydrogen-bond acceptors (Lipinski definition) is 2. The average Bonchev–Trinajstić information content (AvgIpc) is 2.36. The van der Waals surface area contributed by atoms with E-state index in [1.165, 1.54) is 0 Å². The fourth-order valence-electron chi connectivity index (χ4n) is 1.77. The highest BCUT2D eigenvalue weighted by molar-refractivity contribution is 9.10. The Morgan fingerprint density at radius 1 is 1.15 bits per heavy atom. The van der Waals surface area contributed by atoms with Crippen LogP contribution in [0.5, 0.6) is 0 Å². The van der Waals surface area contributed by atoms with E-state index in [-0.39, 0.29) is 18.1 Å². The lowest BCUT2D eigenvalue weighted by Gasteiger charge is -2.19. The number of ether oxygens (including phenoxy) is 1. The molecule has 0 unspecified atom stereocenters. The highest BCUT2D eigenvalue weighted by Crippen LogP contribution is 2.23. The Morgan fingerprint density at radius 3 is 2.50 bits per heavy atom. The summed E-state index contributed by atoms with van der Waals surface area (Å²) in [7, 11) is 0. The number of carbonyl (C=O) groups is 1. The average molecular weight is 336 g/mol. The van der Waals surface area contributed by atoms with Crippen LogP contribution in [0.2, 0.25) is 0 Å². The second kappa shape index (κ2) is 5.94. The van der Waals surface area contributed by atoms with E-state index < -0.39 is 0 Å². The maximum absolute atomic E-state index is 11.8. The van der Waals surface area contributed by atoms with Crippen LogP contribution >= 0.6 is 15.9 Å². The molecule has 0 aromatic heterocycles. The molecule has 4 heteroatoms. The topological polar surface area (TPSA) is 38.3 Å². The van der Waals surface area contributed by atoms with Gasteiger partial charge >= 0.3 is 0 Å². The van der Waals surface area contributed by atoms with Crippen molar-refractivity contribution in [1.29, 1.82) is 0 Å². The molecule has 0 aliphatic carbocycles. The number of hydrogen-bond donors (Lipinski definition) is 1. The van der Waals surface area contributed by atoms with E-state index in [9.17, 15) is 4.79 Å². The van der Waals surface area contributed by atoms with Crippen molar-refractivity contribution in [3.8, 4) is 0 Å². The zero-order valence-electron chi connectivity index (χ0n) is 11.9. The zero-order chi connectivity index (χ0) is 14.8. The lowest BCUT2D eigenvalue weighted by Crippen LogP contribution is -2.27. The highest BCUT2D eigenvalue weighted by Gasteiger charge is 2.13. The van der Waals surface area contributed by atoms with Gasteiger partial charge in [-0.05, 0) is 55.8 Å². The predicted octanol–water partition coefficient (Wildman–Crippen LogP) is 4.36. The first-order valence-electron chi connectivity index (χ1n) is 6.47. The molecule has 1 amide bonds. The normalized spacial score (nSPS) is 11.6. The SMILES string of the molecule is CC(C)(C)OCC(=O)Nc1ccc2cc(Br)ccc2c1. The van der Waals surface area contributed by atoms with Gasteiger partial charge in [0.25, 0.3) is 0 Å². The van der Waals surface area contributed by atoms with Crippen molar-refractivity contribution in [2.24, 2.45) is 0 Å². The molecule has 2 aromatic rings. The van der Waals surface area contributed by atoms with Crippen LogP contribution in [0.4, 0.5) is 5.69 Å². The summed E-state index contributed by atoms with van der Waals surface area (Å²) < 4.78 is 6.49. The Hall–Kier alpha value is -1.39. The summed E-state index contributed by atoms with van der Waals surface area (Å²) in [6.45, 7) is 5.83. The van der Waals surface area contributed by atoms with Crippen LogP contribution in [0, 0.1) is 0 Å². The number of rotatable bonds is 3. The van der Waals surface area contributed by atoms with Crippen LogP contribution in [0.1, 0.15) is 20.8 Å². The third-order valence-corrected chi connectivity index (χ3v) is 3.22. The molecule has 3 nitrogen and oxygen atoms in total. The van der Waals surface area contributed by atoms with Crippen molar-refractivity contribution in [3.05, 3.63) is 40.9 Å². The third kappa shape index (κ3) is 4.32. The molecule has 0 aliphatic rings. The summed E-state index contributed by atoms with van der Waals surface area (Å²) in [5.74, 6) is -0.142. The summed E-state index contributed by atoms with van der Waals surface area (Å²) in [5, 5.41) is 5.06. The molecule has 106 valence electrons. The van der Waals surface area contributed by atoms with Gasteiger partial charge in [-0.25, -0.2) is 0 Å². The Balaban J connectivity index is 2.06. The summed E-state index contributed by atoms with van der Waals surface area (Å²) in [6, 6.07) is 11.9. The van der Waals surface area contributed by atoms with E-state index in [0.29, 0.717) is 0 Å². The van der Waals surface area contributed by atoms with Crippen molar-refractivity contribution in [2.45, 2.75) is 26.4 Å². The molecular weight excluding hydrogens is 318 g/mol. The lowest BCUT2D eigenvalue weighted by molar-refractivity contribution is -0.125. The minimum Gasteiger partial charge on any atom is -0.366 e. The van der Waals surface area contributed by atoms with Crippen LogP contribution in [-0.2, 0) is 9.53 Å². The Labute approximate surface area is 127 Å². The van der Waals surface area contributed by atoms with Crippen molar-refractivity contribution in [3.63, 3.8) is 0 Å². The van der Waals surface area contributed by atoms with Gasteiger partial charge in [0, 0.05) is 10.2 Å². The number of carbonyl (C=O) groups excluding carboxylic acids is 1. The summed E-state index contributed by atoms with van der Waals surface area (Å²) in [6.07, 6.45) is 0. The largest absolute Gasteiger partial charge is 0.366 e. The van der Waals surface area contributed by atoms with Gasteiger partial charge in [0.1, 0.15) is 6.61 Å². The molecule has 0 radical (unpaired) electrons. The fraction of sp³-hybridized carbons (Fsp3) is 0.312. The van der Waals surface area contributed by atoms with E-state index in [0.717, 1.165) is 20.9 Å². The van der Waals surface area contributed by atoms with Gasteiger partial charge in [-0.15, -0.1) is 0 Å². The molecule has 2 aromatic carbocycles. The predicted molar refractivity (Wildman–Crippen MR) is 86.0 cm³/mol. The number of anilines is 1.